The fourth-order valence-corrected chi connectivity index (χ4v) is 2.22. The monoisotopic (exact) mass is 553 g/mol. The molecule has 0 atom stereocenters. The standard InChI is InChI=1S/C22H16N2O2.2C2H4O2.CH4O.Cu/c1-25-21-15-17(9-11-19-7-3-5-13-23-19)18(16-22(21)26-2)10-12-20-8-4-6-14-24-20;2*1-2(3)4;1-2;/h3-8,13-16H,1-2H3;2*1H3,(H,3,4);2H,1H3;/q;;;;+2/p-2. The van der Waals surface area contributed by atoms with Gasteiger partial charge < -0.3 is 34.4 Å². The second-order valence-electron chi connectivity index (χ2n) is 6.17. The Hall–Kier alpha value is -4.34. The predicted octanol–water partition coefficient (Wildman–Crippen LogP) is 0.412. The van der Waals surface area contributed by atoms with Crippen LogP contribution in [-0.2, 0) is 26.7 Å². The van der Waals surface area contributed by atoms with Crippen molar-refractivity contribution >= 4 is 11.9 Å². The number of pyridine rings is 2. The first-order valence-corrected chi connectivity index (χ1v) is 10.2. The number of carbonyl (C=O) groups excluding carboxylic acids is 2. The quantitative estimate of drug-likeness (QED) is 0.352. The largest absolute Gasteiger partial charge is 2.00 e. The molecule has 0 amide bonds. The molecule has 1 N–H and O–H groups in total. The van der Waals surface area contributed by atoms with Gasteiger partial charge in [-0.1, -0.05) is 24.0 Å². The summed E-state index contributed by atoms with van der Waals surface area (Å²) in [7, 11) is 4.18. The fraction of sp³-hybridized carbons (Fsp3) is 0.185. The van der Waals surface area contributed by atoms with Crippen molar-refractivity contribution in [2.24, 2.45) is 0 Å². The number of aliphatic hydroxyl groups excluding tert-OH is 1. The van der Waals surface area contributed by atoms with Crippen LogP contribution in [0.3, 0.4) is 0 Å². The first-order valence-electron chi connectivity index (χ1n) is 10.2. The maximum absolute atomic E-state index is 8.89. The third-order valence-corrected chi connectivity index (χ3v) is 3.50. The van der Waals surface area contributed by atoms with Gasteiger partial charge >= 0.3 is 17.1 Å². The van der Waals surface area contributed by atoms with Crippen molar-refractivity contribution in [3.8, 4) is 35.2 Å². The Morgan fingerprint density at radius 2 is 1.05 bits per heavy atom. The normalized spacial score (nSPS) is 8.05. The smallest absolute Gasteiger partial charge is 0.550 e. The number of benzene rings is 1. The molecule has 2 aromatic heterocycles. The minimum absolute atomic E-state index is 0. The second-order valence-corrected chi connectivity index (χ2v) is 6.17. The van der Waals surface area contributed by atoms with E-state index in [-0.39, 0.29) is 17.1 Å². The van der Waals surface area contributed by atoms with Crippen LogP contribution < -0.4 is 19.7 Å². The van der Waals surface area contributed by atoms with Crippen LogP contribution in [0, 0.1) is 23.7 Å². The van der Waals surface area contributed by atoms with E-state index >= 15 is 0 Å². The minimum atomic E-state index is -1.08. The van der Waals surface area contributed by atoms with Gasteiger partial charge in [-0.3, -0.25) is 0 Å². The van der Waals surface area contributed by atoms with Gasteiger partial charge in [0.05, 0.1) is 14.2 Å². The van der Waals surface area contributed by atoms with E-state index in [1.165, 1.54) is 0 Å². The molecule has 0 saturated carbocycles. The third kappa shape index (κ3) is 16.0. The van der Waals surface area contributed by atoms with Crippen molar-refractivity contribution in [3.05, 3.63) is 83.4 Å². The molecule has 0 unspecified atom stereocenters. The Morgan fingerprint density at radius 3 is 1.30 bits per heavy atom. The van der Waals surface area contributed by atoms with Crippen LogP contribution >= 0.6 is 0 Å². The number of carboxylic acid groups (broad SMARTS) is 2. The number of carboxylic acids is 2. The summed E-state index contributed by atoms with van der Waals surface area (Å²) in [5.74, 6) is 11.4. The average Bonchev–Trinajstić information content (AvgIpc) is 2.87. The minimum Gasteiger partial charge on any atom is -0.550 e. The van der Waals surface area contributed by atoms with Crippen molar-refractivity contribution in [1.82, 2.24) is 9.97 Å². The molecular weight excluding hydrogens is 528 g/mol. The van der Waals surface area contributed by atoms with Gasteiger partial charge in [0, 0.05) is 54.7 Å². The molecule has 0 spiro atoms. The Balaban J connectivity index is 0. The Morgan fingerprint density at radius 1 is 0.730 bits per heavy atom. The number of rotatable bonds is 2. The number of carbonyl (C=O) groups is 2. The van der Waals surface area contributed by atoms with Crippen LogP contribution in [0.5, 0.6) is 11.5 Å². The van der Waals surface area contributed by atoms with Gasteiger partial charge in [0.1, 0.15) is 11.4 Å². The first-order chi connectivity index (χ1) is 17.3. The number of methoxy groups -OCH3 is 2. The third-order valence-electron chi connectivity index (χ3n) is 3.50. The van der Waals surface area contributed by atoms with Crippen LogP contribution in [0.25, 0.3) is 0 Å². The van der Waals surface area contributed by atoms with Gasteiger partial charge in [-0.05, 0) is 50.0 Å². The molecule has 0 fully saturated rings. The maximum atomic E-state index is 8.89. The summed E-state index contributed by atoms with van der Waals surface area (Å²) in [6.07, 6.45) is 3.42. The molecule has 3 rings (SSSR count). The van der Waals surface area contributed by atoms with Gasteiger partial charge in [-0.25, -0.2) is 9.97 Å². The van der Waals surface area contributed by atoms with Crippen molar-refractivity contribution in [1.29, 1.82) is 0 Å². The van der Waals surface area contributed by atoms with E-state index in [1.807, 2.05) is 48.5 Å². The van der Waals surface area contributed by atoms with Gasteiger partial charge in [0.2, 0.25) is 0 Å². The predicted molar refractivity (Wildman–Crippen MR) is 129 cm³/mol. The van der Waals surface area contributed by atoms with Gasteiger partial charge in [0.15, 0.2) is 11.5 Å². The van der Waals surface area contributed by atoms with Crippen LogP contribution in [0.2, 0.25) is 0 Å². The number of nitrogens with zero attached hydrogens (tertiary/aromatic N) is 2. The maximum Gasteiger partial charge on any atom is 2.00 e. The molecule has 1 radical (unpaired) electrons. The summed E-state index contributed by atoms with van der Waals surface area (Å²) in [6, 6.07) is 14.8. The zero-order valence-corrected chi connectivity index (χ0v) is 21.8. The fourth-order valence-electron chi connectivity index (χ4n) is 2.22. The summed E-state index contributed by atoms with van der Waals surface area (Å²) in [5.41, 5.74) is 2.84. The first kappa shape index (κ1) is 34.8. The van der Waals surface area contributed by atoms with Crippen molar-refractivity contribution in [2.45, 2.75) is 13.8 Å². The zero-order valence-electron chi connectivity index (χ0n) is 20.9. The van der Waals surface area contributed by atoms with E-state index in [1.54, 1.807) is 26.6 Å². The number of hydrogen-bond acceptors (Lipinski definition) is 9. The summed E-state index contributed by atoms with van der Waals surface area (Å²) in [6.45, 7) is 1.94. The number of ether oxygens (including phenoxy) is 2. The summed E-state index contributed by atoms with van der Waals surface area (Å²) in [4.78, 5) is 26.2. The average molecular weight is 554 g/mol. The molecule has 0 saturated heterocycles. The summed E-state index contributed by atoms with van der Waals surface area (Å²) < 4.78 is 10.8. The number of aliphatic hydroxyl groups is 1. The Kier molecular flexibility index (Phi) is 19.8. The number of aliphatic carboxylic acids is 2. The second kappa shape index (κ2) is 21.0. The molecule has 10 heteroatoms. The van der Waals surface area contributed by atoms with Gasteiger partial charge in [-0.2, -0.15) is 0 Å². The van der Waals surface area contributed by atoms with E-state index < -0.39 is 11.9 Å². The summed E-state index contributed by atoms with van der Waals surface area (Å²) in [5, 5.41) is 24.8. The van der Waals surface area contributed by atoms with E-state index in [4.69, 9.17) is 34.4 Å². The molecule has 2 heterocycles. The van der Waals surface area contributed by atoms with Crippen molar-refractivity contribution < 1.29 is 51.5 Å². The van der Waals surface area contributed by atoms with Crippen LogP contribution in [-0.4, -0.2) is 48.3 Å². The number of aromatic nitrogens is 2. The molecule has 197 valence electrons. The SMILES string of the molecule is CC(=O)[O-].CC(=O)[O-].CO.COc1cc(C#Cc2ccccn2)c(C#Cc2ccccn2)cc1OC.[Cu+2]. The summed E-state index contributed by atoms with van der Waals surface area (Å²) >= 11 is 0. The molecule has 37 heavy (non-hydrogen) atoms. The van der Waals surface area contributed by atoms with Crippen LogP contribution in [0.1, 0.15) is 36.4 Å². The molecule has 0 aliphatic rings. The topological polar surface area (TPSA) is 145 Å². The molecule has 9 nitrogen and oxygen atoms in total. The van der Waals surface area contributed by atoms with E-state index in [2.05, 4.69) is 33.6 Å². The number of hydrogen-bond donors (Lipinski definition) is 1. The van der Waals surface area contributed by atoms with Crippen molar-refractivity contribution in [2.75, 3.05) is 21.3 Å². The molecule has 0 bridgehead atoms. The van der Waals surface area contributed by atoms with E-state index in [0.29, 0.717) is 22.9 Å². The van der Waals surface area contributed by atoms with Gasteiger partial charge in [-0.15, -0.1) is 0 Å². The van der Waals surface area contributed by atoms with Gasteiger partial charge in [0.25, 0.3) is 0 Å². The van der Waals surface area contributed by atoms with Crippen LogP contribution in [0.15, 0.2) is 60.9 Å². The molecule has 0 aliphatic carbocycles. The van der Waals surface area contributed by atoms with E-state index in [0.717, 1.165) is 32.1 Å². The zero-order chi connectivity index (χ0) is 27.3. The molecule has 0 aliphatic heterocycles. The Labute approximate surface area is 227 Å². The van der Waals surface area contributed by atoms with Crippen LogP contribution in [0.4, 0.5) is 0 Å². The molecular formula is C27H26CuN2O7. The van der Waals surface area contributed by atoms with E-state index in [9.17, 15) is 0 Å². The molecule has 3 aromatic rings. The Bertz CT molecular complexity index is 1110. The molecule has 1 aromatic carbocycles. The van der Waals surface area contributed by atoms with Crippen molar-refractivity contribution in [3.63, 3.8) is 0 Å².